The number of hydrogen-bond donors (Lipinski definition) is 2. The third kappa shape index (κ3) is 3.03. The van der Waals surface area contributed by atoms with Gasteiger partial charge in [-0.3, -0.25) is 0 Å². The summed E-state index contributed by atoms with van der Waals surface area (Å²) in [7, 11) is 4.12. The van der Waals surface area contributed by atoms with E-state index in [0.717, 1.165) is 41.2 Å². The first-order valence-corrected chi connectivity index (χ1v) is 7.02. The van der Waals surface area contributed by atoms with Crippen LogP contribution < -0.4 is 5.32 Å². The molecule has 5 nitrogen and oxygen atoms in total. The lowest BCUT2D eigenvalue weighted by molar-refractivity contribution is 0.425. The molecule has 0 aliphatic carbocycles. The molecule has 2 heterocycles. The number of likely N-dealkylation sites (N-methyl/N-ethyl adjacent to an activating group) is 1. The summed E-state index contributed by atoms with van der Waals surface area (Å²) in [5.41, 5.74) is 1.95. The lowest BCUT2D eigenvalue weighted by atomic mass is 10.2. The second-order valence-corrected chi connectivity index (χ2v) is 5.24. The molecule has 0 saturated heterocycles. The van der Waals surface area contributed by atoms with Crippen molar-refractivity contribution in [3.05, 3.63) is 42.7 Å². The van der Waals surface area contributed by atoms with E-state index in [1.54, 1.807) is 0 Å². The molecule has 0 aliphatic heterocycles. The van der Waals surface area contributed by atoms with Crippen molar-refractivity contribution in [3.8, 4) is 11.4 Å². The van der Waals surface area contributed by atoms with Gasteiger partial charge in [-0.25, -0.2) is 9.97 Å². The lowest BCUT2D eigenvalue weighted by Crippen LogP contribution is -2.21. The van der Waals surface area contributed by atoms with Crippen molar-refractivity contribution in [2.24, 2.45) is 0 Å². The second-order valence-electron chi connectivity index (χ2n) is 5.24. The maximum absolute atomic E-state index is 4.68. The molecule has 0 unspecified atom stereocenters. The van der Waals surface area contributed by atoms with Gasteiger partial charge >= 0.3 is 0 Å². The van der Waals surface area contributed by atoms with Crippen molar-refractivity contribution in [2.45, 2.75) is 0 Å². The van der Waals surface area contributed by atoms with Crippen LogP contribution in [0.4, 0.5) is 5.82 Å². The van der Waals surface area contributed by atoms with Crippen molar-refractivity contribution in [2.75, 3.05) is 32.5 Å². The molecule has 1 aromatic carbocycles. The number of nitrogens with one attached hydrogen (secondary N) is 2. The highest BCUT2D eigenvalue weighted by molar-refractivity contribution is 5.90. The SMILES string of the molecule is CN(C)CCNc1nc(-c2cc[nH]c2)nc2ccccc12. The molecule has 0 bridgehead atoms. The maximum atomic E-state index is 4.68. The zero-order valence-corrected chi connectivity index (χ0v) is 12.3. The highest BCUT2D eigenvalue weighted by Gasteiger charge is 2.09. The fraction of sp³-hybridized carbons (Fsp3) is 0.250. The van der Waals surface area contributed by atoms with E-state index in [-0.39, 0.29) is 0 Å². The Labute approximate surface area is 124 Å². The first-order chi connectivity index (χ1) is 10.2. The average molecular weight is 281 g/mol. The Morgan fingerprint density at radius 3 is 2.76 bits per heavy atom. The molecule has 0 aliphatic rings. The van der Waals surface area contributed by atoms with Crippen LogP contribution in [0.1, 0.15) is 0 Å². The highest BCUT2D eigenvalue weighted by Crippen LogP contribution is 2.24. The number of aromatic nitrogens is 3. The summed E-state index contributed by atoms with van der Waals surface area (Å²) >= 11 is 0. The van der Waals surface area contributed by atoms with Crippen LogP contribution in [-0.4, -0.2) is 47.0 Å². The van der Waals surface area contributed by atoms with Gasteiger partial charge in [0.05, 0.1) is 5.52 Å². The van der Waals surface area contributed by atoms with Crippen molar-refractivity contribution >= 4 is 16.7 Å². The Kier molecular flexibility index (Phi) is 3.83. The minimum atomic E-state index is 0.738. The number of hydrogen-bond acceptors (Lipinski definition) is 4. The molecular formula is C16H19N5. The Hall–Kier alpha value is -2.40. The standard InChI is InChI=1S/C16H19N5/c1-21(2)10-9-18-16-13-5-3-4-6-14(13)19-15(20-16)12-7-8-17-11-12/h3-8,11,17H,9-10H2,1-2H3,(H,18,19,20). The lowest BCUT2D eigenvalue weighted by Gasteiger charge is -2.13. The van der Waals surface area contributed by atoms with Gasteiger partial charge in [0, 0.05) is 36.4 Å². The van der Waals surface area contributed by atoms with E-state index in [9.17, 15) is 0 Å². The molecule has 0 radical (unpaired) electrons. The quantitative estimate of drug-likeness (QED) is 0.755. The van der Waals surface area contributed by atoms with Crippen LogP contribution in [0.3, 0.4) is 0 Å². The maximum Gasteiger partial charge on any atom is 0.163 e. The Morgan fingerprint density at radius 1 is 1.14 bits per heavy atom. The van der Waals surface area contributed by atoms with Gasteiger partial charge in [0.1, 0.15) is 5.82 Å². The predicted molar refractivity (Wildman–Crippen MR) is 86.4 cm³/mol. The molecule has 3 rings (SSSR count). The zero-order valence-electron chi connectivity index (χ0n) is 12.3. The number of fused-ring (bicyclic) bond motifs is 1. The van der Waals surface area contributed by atoms with Gasteiger partial charge in [0.2, 0.25) is 0 Å². The molecule has 0 spiro atoms. The van der Waals surface area contributed by atoms with E-state index >= 15 is 0 Å². The van der Waals surface area contributed by atoms with E-state index in [4.69, 9.17) is 0 Å². The Morgan fingerprint density at radius 2 is 2.00 bits per heavy atom. The van der Waals surface area contributed by atoms with Crippen LogP contribution in [0.25, 0.3) is 22.3 Å². The zero-order chi connectivity index (χ0) is 14.7. The molecule has 0 saturated carbocycles. The molecular weight excluding hydrogens is 262 g/mol. The first kappa shape index (κ1) is 13.6. The molecule has 21 heavy (non-hydrogen) atoms. The fourth-order valence-corrected chi connectivity index (χ4v) is 2.20. The number of aromatic amines is 1. The summed E-state index contributed by atoms with van der Waals surface area (Å²) in [4.78, 5) is 14.5. The number of nitrogens with zero attached hydrogens (tertiary/aromatic N) is 3. The summed E-state index contributed by atoms with van der Waals surface area (Å²) in [6.07, 6.45) is 3.79. The number of benzene rings is 1. The molecule has 2 aromatic heterocycles. The van der Waals surface area contributed by atoms with E-state index < -0.39 is 0 Å². The van der Waals surface area contributed by atoms with Crippen molar-refractivity contribution in [3.63, 3.8) is 0 Å². The average Bonchev–Trinajstić information content (AvgIpc) is 3.01. The highest BCUT2D eigenvalue weighted by atomic mass is 15.1. The third-order valence-corrected chi connectivity index (χ3v) is 3.31. The second kappa shape index (κ2) is 5.93. The first-order valence-electron chi connectivity index (χ1n) is 7.02. The van der Waals surface area contributed by atoms with E-state index in [1.807, 2.05) is 42.7 Å². The van der Waals surface area contributed by atoms with Crippen LogP contribution in [0.2, 0.25) is 0 Å². The van der Waals surface area contributed by atoms with Gasteiger partial charge in [-0.05, 0) is 32.3 Å². The molecule has 3 aromatic rings. The smallest absolute Gasteiger partial charge is 0.163 e. The van der Waals surface area contributed by atoms with Gasteiger partial charge in [0.15, 0.2) is 5.82 Å². The summed E-state index contributed by atoms with van der Waals surface area (Å²) in [6.45, 7) is 1.80. The van der Waals surface area contributed by atoms with Crippen molar-refractivity contribution in [1.82, 2.24) is 19.9 Å². The molecule has 2 N–H and O–H groups in total. The molecule has 5 heteroatoms. The van der Waals surface area contributed by atoms with E-state index in [0.29, 0.717) is 0 Å². The van der Waals surface area contributed by atoms with Crippen molar-refractivity contribution < 1.29 is 0 Å². The number of anilines is 1. The van der Waals surface area contributed by atoms with Gasteiger partial charge in [-0.1, -0.05) is 12.1 Å². The summed E-state index contributed by atoms with van der Waals surface area (Å²) in [5.74, 6) is 1.63. The molecule has 0 atom stereocenters. The fourth-order valence-electron chi connectivity index (χ4n) is 2.20. The van der Waals surface area contributed by atoms with Gasteiger partial charge < -0.3 is 15.2 Å². The predicted octanol–water partition coefficient (Wildman–Crippen LogP) is 2.60. The minimum absolute atomic E-state index is 0.738. The summed E-state index contributed by atoms with van der Waals surface area (Å²) in [6, 6.07) is 10.1. The topological polar surface area (TPSA) is 56.8 Å². The minimum Gasteiger partial charge on any atom is -0.368 e. The van der Waals surface area contributed by atoms with E-state index in [2.05, 4.69) is 39.3 Å². The number of H-pyrrole nitrogens is 1. The van der Waals surface area contributed by atoms with Crippen LogP contribution in [-0.2, 0) is 0 Å². The van der Waals surface area contributed by atoms with Crippen molar-refractivity contribution in [1.29, 1.82) is 0 Å². The monoisotopic (exact) mass is 281 g/mol. The molecule has 0 fully saturated rings. The summed E-state index contributed by atoms with van der Waals surface area (Å²) in [5, 5.41) is 4.47. The Balaban J connectivity index is 1.99. The van der Waals surface area contributed by atoms with Gasteiger partial charge in [-0.15, -0.1) is 0 Å². The Bertz CT molecular complexity index is 719. The van der Waals surface area contributed by atoms with Crippen LogP contribution >= 0.6 is 0 Å². The van der Waals surface area contributed by atoms with E-state index in [1.165, 1.54) is 0 Å². The van der Waals surface area contributed by atoms with Gasteiger partial charge in [0.25, 0.3) is 0 Å². The molecule has 0 amide bonds. The van der Waals surface area contributed by atoms with Crippen LogP contribution in [0.5, 0.6) is 0 Å². The molecule has 108 valence electrons. The number of rotatable bonds is 5. The number of para-hydroxylation sites is 1. The third-order valence-electron chi connectivity index (χ3n) is 3.31. The van der Waals surface area contributed by atoms with Crippen LogP contribution in [0.15, 0.2) is 42.7 Å². The van der Waals surface area contributed by atoms with Gasteiger partial charge in [-0.2, -0.15) is 0 Å². The largest absolute Gasteiger partial charge is 0.368 e. The van der Waals surface area contributed by atoms with Crippen LogP contribution in [0, 0.1) is 0 Å². The normalized spacial score (nSPS) is 11.2. The summed E-state index contributed by atoms with van der Waals surface area (Å²) < 4.78 is 0.